The molecule has 1 amide bonds. The van der Waals surface area contributed by atoms with E-state index in [1.165, 1.54) is 16.4 Å². The molecule has 0 spiro atoms. The average molecular weight is 499 g/mol. The summed E-state index contributed by atoms with van der Waals surface area (Å²) in [7, 11) is -3.66. The van der Waals surface area contributed by atoms with E-state index in [1.54, 1.807) is 21.6 Å². The minimum absolute atomic E-state index is 0.0218. The number of nitrogens with zero attached hydrogens (tertiary/aromatic N) is 3. The molecule has 9 nitrogen and oxygen atoms in total. The predicted octanol–water partition coefficient (Wildman–Crippen LogP) is 2.60. The molecule has 3 heterocycles. The van der Waals surface area contributed by atoms with Gasteiger partial charge in [0, 0.05) is 37.8 Å². The van der Waals surface area contributed by atoms with E-state index in [-0.39, 0.29) is 34.7 Å². The van der Waals surface area contributed by atoms with Crippen LogP contribution >= 0.6 is 0 Å². The Morgan fingerprint density at radius 3 is 2.26 bits per heavy atom. The van der Waals surface area contributed by atoms with Gasteiger partial charge < -0.3 is 14.6 Å². The number of carbonyl (C=O) groups is 1. The number of aromatic amines is 1. The number of rotatable bonds is 4. The summed E-state index contributed by atoms with van der Waals surface area (Å²) >= 11 is 0. The quantitative estimate of drug-likeness (QED) is 0.595. The Bertz CT molecular complexity index is 1380. The SMILES string of the molecule is C[C@@H]1CN(S(=O)(=O)c2ccc(C(=O)N3CCC(n4c(=O)[nH]c5ccccc54)CC3)cc2)C[C@H](C)O1. The molecule has 0 bridgehead atoms. The van der Waals surface area contributed by atoms with Crippen molar-refractivity contribution in [1.29, 1.82) is 0 Å². The van der Waals surface area contributed by atoms with Crippen LogP contribution in [0.15, 0.2) is 58.2 Å². The smallest absolute Gasteiger partial charge is 0.326 e. The zero-order valence-electron chi connectivity index (χ0n) is 19.9. The monoisotopic (exact) mass is 498 g/mol. The van der Waals surface area contributed by atoms with E-state index in [9.17, 15) is 18.0 Å². The van der Waals surface area contributed by atoms with Crippen LogP contribution in [0.4, 0.5) is 0 Å². The Labute approximate surface area is 204 Å². The summed E-state index contributed by atoms with van der Waals surface area (Å²) in [4.78, 5) is 30.4. The van der Waals surface area contributed by atoms with Gasteiger partial charge in [0.25, 0.3) is 5.91 Å². The molecule has 0 saturated carbocycles. The first-order valence-corrected chi connectivity index (χ1v) is 13.4. The van der Waals surface area contributed by atoms with E-state index in [1.807, 2.05) is 38.1 Å². The van der Waals surface area contributed by atoms with Crippen LogP contribution < -0.4 is 5.69 Å². The summed E-state index contributed by atoms with van der Waals surface area (Å²) in [5, 5.41) is 0. The molecule has 2 aliphatic rings. The van der Waals surface area contributed by atoms with Crippen molar-refractivity contribution in [3.8, 4) is 0 Å². The third kappa shape index (κ3) is 4.53. The Balaban J connectivity index is 1.26. The van der Waals surface area contributed by atoms with Crippen LogP contribution in [0.2, 0.25) is 0 Å². The van der Waals surface area contributed by atoms with Gasteiger partial charge >= 0.3 is 5.69 Å². The van der Waals surface area contributed by atoms with Crippen LogP contribution in [-0.2, 0) is 14.8 Å². The van der Waals surface area contributed by atoms with Gasteiger partial charge in [0.2, 0.25) is 10.0 Å². The van der Waals surface area contributed by atoms with Crippen LogP contribution in [0.3, 0.4) is 0 Å². The first kappa shape index (κ1) is 23.8. The van der Waals surface area contributed by atoms with E-state index >= 15 is 0 Å². The molecule has 186 valence electrons. The van der Waals surface area contributed by atoms with E-state index in [2.05, 4.69) is 4.98 Å². The molecular formula is C25H30N4O5S. The fourth-order valence-corrected chi connectivity index (χ4v) is 6.78. The van der Waals surface area contributed by atoms with Gasteiger partial charge in [-0.2, -0.15) is 4.31 Å². The first-order chi connectivity index (χ1) is 16.7. The zero-order valence-corrected chi connectivity index (χ0v) is 20.7. The molecule has 2 aromatic carbocycles. The molecule has 0 unspecified atom stereocenters. The van der Waals surface area contributed by atoms with Crippen molar-refractivity contribution in [2.45, 2.75) is 49.8 Å². The highest BCUT2D eigenvalue weighted by atomic mass is 32.2. The molecular weight excluding hydrogens is 468 g/mol. The Morgan fingerprint density at radius 2 is 1.60 bits per heavy atom. The second kappa shape index (κ2) is 9.25. The molecule has 2 aliphatic heterocycles. The van der Waals surface area contributed by atoms with Gasteiger partial charge in [-0.15, -0.1) is 0 Å². The highest BCUT2D eigenvalue weighted by molar-refractivity contribution is 7.89. The predicted molar refractivity (Wildman–Crippen MR) is 132 cm³/mol. The molecule has 10 heteroatoms. The molecule has 0 radical (unpaired) electrons. The van der Waals surface area contributed by atoms with Gasteiger partial charge in [-0.3, -0.25) is 9.36 Å². The molecule has 35 heavy (non-hydrogen) atoms. The maximum atomic E-state index is 13.1. The number of nitrogens with one attached hydrogen (secondary N) is 1. The number of sulfonamides is 1. The molecule has 0 aliphatic carbocycles. The van der Waals surface area contributed by atoms with Crippen LogP contribution in [0.1, 0.15) is 43.1 Å². The molecule has 1 aromatic heterocycles. The van der Waals surface area contributed by atoms with Gasteiger partial charge in [-0.1, -0.05) is 12.1 Å². The van der Waals surface area contributed by atoms with Gasteiger partial charge in [0.05, 0.1) is 28.1 Å². The molecule has 2 atom stereocenters. The summed E-state index contributed by atoms with van der Waals surface area (Å²) < 4.78 is 35.0. The third-order valence-electron chi connectivity index (χ3n) is 6.87. The number of benzene rings is 2. The van der Waals surface area contributed by atoms with Crippen molar-refractivity contribution >= 4 is 27.0 Å². The van der Waals surface area contributed by atoms with Crippen LogP contribution in [-0.4, -0.2) is 71.5 Å². The van der Waals surface area contributed by atoms with Gasteiger partial charge in [0.15, 0.2) is 0 Å². The number of hydrogen-bond donors (Lipinski definition) is 1. The number of morpholine rings is 1. The van der Waals surface area contributed by atoms with Crippen molar-refractivity contribution in [3.63, 3.8) is 0 Å². The summed E-state index contributed by atoms with van der Waals surface area (Å²) in [5.74, 6) is -0.132. The molecule has 5 rings (SSSR count). The number of likely N-dealkylation sites (tertiary alicyclic amines) is 1. The second-order valence-corrected chi connectivity index (χ2v) is 11.4. The third-order valence-corrected chi connectivity index (χ3v) is 8.71. The number of aromatic nitrogens is 2. The average Bonchev–Trinajstić information content (AvgIpc) is 3.19. The largest absolute Gasteiger partial charge is 0.373 e. The van der Waals surface area contributed by atoms with Crippen molar-refractivity contribution in [3.05, 3.63) is 64.6 Å². The summed E-state index contributed by atoms with van der Waals surface area (Å²) in [5.41, 5.74) is 2.02. The van der Waals surface area contributed by atoms with E-state index in [4.69, 9.17) is 4.74 Å². The second-order valence-electron chi connectivity index (χ2n) is 9.44. The standard InChI is InChI=1S/C25H30N4O5S/c1-17-15-28(16-18(2)34-17)35(32,33)21-9-7-19(8-10-21)24(30)27-13-11-20(12-14-27)29-23-6-4-3-5-22(23)26-25(29)31/h3-10,17-18,20H,11-16H2,1-2H3,(H,26,31)/t17-,18+. The lowest BCUT2D eigenvalue weighted by Crippen LogP contribution is -2.48. The number of hydrogen-bond acceptors (Lipinski definition) is 5. The minimum atomic E-state index is -3.66. The van der Waals surface area contributed by atoms with Crippen LogP contribution in [0.5, 0.6) is 0 Å². The summed E-state index contributed by atoms with van der Waals surface area (Å²) in [6.07, 6.45) is 1.01. The highest BCUT2D eigenvalue weighted by Gasteiger charge is 2.32. The maximum absolute atomic E-state index is 13.1. The first-order valence-electron chi connectivity index (χ1n) is 12.0. The topological polar surface area (TPSA) is 105 Å². The summed E-state index contributed by atoms with van der Waals surface area (Å²) in [6, 6.07) is 13.8. The fourth-order valence-electron chi connectivity index (χ4n) is 5.19. The van der Waals surface area contributed by atoms with Gasteiger partial charge in [0.1, 0.15) is 0 Å². The number of fused-ring (bicyclic) bond motifs is 1. The molecule has 2 saturated heterocycles. The minimum Gasteiger partial charge on any atom is -0.373 e. The van der Waals surface area contributed by atoms with Crippen LogP contribution in [0.25, 0.3) is 11.0 Å². The number of ether oxygens (including phenoxy) is 1. The van der Waals surface area contributed by atoms with E-state index in [0.29, 0.717) is 44.6 Å². The number of imidazole rings is 1. The van der Waals surface area contributed by atoms with Crippen molar-refractivity contribution in [2.75, 3.05) is 26.2 Å². The summed E-state index contributed by atoms with van der Waals surface area (Å²) in [6.45, 7) is 5.39. The Morgan fingerprint density at radius 1 is 0.971 bits per heavy atom. The maximum Gasteiger partial charge on any atom is 0.326 e. The number of amides is 1. The van der Waals surface area contributed by atoms with E-state index < -0.39 is 10.0 Å². The fraction of sp³-hybridized carbons (Fsp3) is 0.440. The molecule has 2 fully saturated rings. The van der Waals surface area contributed by atoms with Crippen molar-refractivity contribution < 1.29 is 17.9 Å². The lowest BCUT2D eigenvalue weighted by molar-refractivity contribution is -0.0440. The number of para-hydroxylation sites is 2. The number of carbonyl (C=O) groups excluding carboxylic acids is 1. The molecule has 1 N–H and O–H groups in total. The van der Waals surface area contributed by atoms with Gasteiger partial charge in [-0.05, 0) is 63.1 Å². The normalized spacial score (nSPS) is 22.5. The van der Waals surface area contributed by atoms with Crippen LogP contribution in [0, 0.1) is 0 Å². The molecule has 3 aromatic rings. The van der Waals surface area contributed by atoms with Crippen molar-refractivity contribution in [2.24, 2.45) is 0 Å². The van der Waals surface area contributed by atoms with Gasteiger partial charge in [-0.25, -0.2) is 13.2 Å². The Hall–Kier alpha value is -2.95. The lowest BCUT2D eigenvalue weighted by Gasteiger charge is -2.34. The lowest BCUT2D eigenvalue weighted by atomic mass is 10.0. The zero-order chi connectivity index (χ0) is 24.7. The Kier molecular flexibility index (Phi) is 6.29. The highest BCUT2D eigenvalue weighted by Crippen LogP contribution is 2.26. The number of H-pyrrole nitrogens is 1. The van der Waals surface area contributed by atoms with Crippen molar-refractivity contribution in [1.82, 2.24) is 18.8 Å². The number of piperidine rings is 1. The van der Waals surface area contributed by atoms with E-state index in [0.717, 1.165) is 11.0 Å².